The van der Waals surface area contributed by atoms with Crippen LogP contribution < -0.4 is 20.7 Å². The number of unbranched alkanes of at least 4 members (excludes halogenated alkanes) is 1. The van der Waals surface area contributed by atoms with Crippen molar-refractivity contribution in [2.24, 2.45) is 0 Å². The van der Waals surface area contributed by atoms with Crippen LogP contribution in [0.25, 0.3) is 0 Å². The monoisotopic (exact) mass is 355 g/mol. The van der Waals surface area contributed by atoms with Crippen LogP contribution >= 0.6 is 0 Å². The normalized spacial score (nSPS) is 10.1. The predicted molar refractivity (Wildman–Crippen MR) is 104 cm³/mol. The summed E-state index contributed by atoms with van der Waals surface area (Å²) in [4.78, 5) is 23.8. The first-order chi connectivity index (χ1) is 12.6. The first-order valence-corrected chi connectivity index (χ1v) is 8.71. The summed E-state index contributed by atoms with van der Waals surface area (Å²) in [5.41, 5.74) is 1.89. The summed E-state index contributed by atoms with van der Waals surface area (Å²) in [5, 5.41) is 8.40. The molecule has 2 aromatic rings. The molecule has 0 aliphatic rings. The Kier molecular flexibility index (Phi) is 7.49. The minimum absolute atomic E-state index is 0.114. The third-order valence-electron chi connectivity index (χ3n) is 3.69. The van der Waals surface area contributed by atoms with Crippen molar-refractivity contribution in [1.29, 1.82) is 0 Å². The molecule has 0 saturated heterocycles. The van der Waals surface area contributed by atoms with Gasteiger partial charge in [-0.1, -0.05) is 25.5 Å². The van der Waals surface area contributed by atoms with Gasteiger partial charge in [0.05, 0.1) is 13.2 Å². The van der Waals surface area contributed by atoms with Gasteiger partial charge in [-0.2, -0.15) is 0 Å². The van der Waals surface area contributed by atoms with Crippen LogP contribution in [0, 0.1) is 0 Å². The molecule has 0 spiro atoms. The number of ether oxygens (including phenoxy) is 1. The lowest BCUT2D eigenvalue weighted by atomic mass is 10.2. The van der Waals surface area contributed by atoms with Gasteiger partial charge in [0.1, 0.15) is 5.75 Å². The van der Waals surface area contributed by atoms with E-state index < -0.39 is 0 Å². The van der Waals surface area contributed by atoms with Crippen LogP contribution in [0.15, 0.2) is 48.5 Å². The molecule has 0 aliphatic heterocycles. The fourth-order valence-corrected chi connectivity index (χ4v) is 2.30. The van der Waals surface area contributed by atoms with E-state index >= 15 is 0 Å². The van der Waals surface area contributed by atoms with Crippen LogP contribution in [-0.4, -0.2) is 32.0 Å². The van der Waals surface area contributed by atoms with Gasteiger partial charge in [0, 0.05) is 30.1 Å². The summed E-state index contributed by atoms with van der Waals surface area (Å²) in [6.45, 7) is 2.91. The van der Waals surface area contributed by atoms with Crippen molar-refractivity contribution in [3.05, 3.63) is 54.1 Å². The number of rotatable bonds is 9. The van der Waals surface area contributed by atoms with Crippen LogP contribution in [0.4, 0.5) is 11.4 Å². The van der Waals surface area contributed by atoms with Crippen LogP contribution in [0.1, 0.15) is 30.1 Å². The number of amides is 2. The lowest BCUT2D eigenvalue weighted by Crippen LogP contribution is -2.22. The van der Waals surface area contributed by atoms with E-state index in [-0.39, 0.29) is 18.4 Å². The number of nitrogens with one attached hydrogen (secondary N) is 3. The molecule has 2 rings (SSSR count). The first-order valence-electron chi connectivity index (χ1n) is 8.71. The molecule has 0 aromatic heterocycles. The number of anilines is 2. The highest BCUT2D eigenvalue weighted by molar-refractivity contribution is 5.98. The predicted octanol–water partition coefficient (Wildman–Crippen LogP) is 3.28. The van der Waals surface area contributed by atoms with Gasteiger partial charge in [0.2, 0.25) is 5.91 Å². The molecule has 138 valence electrons. The zero-order valence-electron chi connectivity index (χ0n) is 15.2. The van der Waals surface area contributed by atoms with E-state index in [9.17, 15) is 9.59 Å². The molecule has 0 atom stereocenters. The molecule has 26 heavy (non-hydrogen) atoms. The van der Waals surface area contributed by atoms with Gasteiger partial charge < -0.3 is 20.7 Å². The first kappa shape index (κ1) is 19.3. The number of benzene rings is 2. The van der Waals surface area contributed by atoms with Crippen LogP contribution in [-0.2, 0) is 4.79 Å². The molecule has 0 bridgehead atoms. The molecule has 0 fully saturated rings. The van der Waals surface area contributed by atoms with Gasteiger partial charge in [-0.05, 0) is 36.8 Å². The Hall–Kier alpha value is -3.02. The lowest BCUT2D eigenvalue weighted by molar-refractivity contribution is -0.114. The molecule has 0 radical (unpaired) electrons. The average Bonchev–Trinajstić information content (AvgIpc) is 2.66. The molecule has 0 aliphatic carbocycles. The van der Waals surface area contributed by atoms with Gasteiger partial charge in [-0.15, -0.1) is 0 Å². The molecule has 3 N–H and O–H groups in total. The molecule has 6 nitrogen and oxygen atoms in total. The zero-order chi connectivity index (χ0) is 18.8. The lowest BCUT2D eigenvalue weighted by Gasteiger charge is -2.10. The molecule has 6 heteroatoms. The van der Waals surface area contributed by atoms with E-state index in [1.165, 1.54) is 0 Å². The number of carbonyl (C=O) groups excluding carboxylic acids is 2. The third-order valence-corrected chi connectivity index (χ3v) is 3.69. The summed E-state index contributed by atoms with van der Waals surface area (Å²) >= 11 is 0. The molecule has 0 heterocycles. The second-order valence-corrected chi connectivity index (χ2v) is 5.79. The Bertz CT molecular complexity index is 747. The van der Waals surface area contributed by atoms with Crippen molar-refractivity contribution in [2.45, 2.75) is 19.8 Å². The summed E-state index contributed by atoms with van der Waals surface area (Å²) in [5.74, 6) is 0.387. The van der Waals surface area contributed by atoms with Gasteiger partial charge >= 0.3 is 0 Å². The quantitative estimate of drug-likeness (QED) is 0.603. The van der Waals surface area contributed by atoms with Crippen LogP contribution in [0.5, 0.6) is 5.75 Å². The average molecular weight is 355 g/mol. The second-order valence-electron chi connectivity index (χ2n) is 5.79. The maximum atomic E-state index is 12.1. The Balaban J connectivity index is 1.87. The summed E-state index contributed by atoms with van der Waals surface area (Å²) in [6.07, 6.45) is 2.09. The molecule has 2 amide bonds. The van der Waals surface area contributed by atoms with Gasteiger partial charge in [0.25, 0.3) is 5.91 Å². The van der Waals surface area contributed by atoms with E-state index in [0.717, 1.165) is 24.3 Å². The van der Waals surface area contributed by atoms with Crippen molar-refractivity contribution in [2.75, 3.05) is 30.8 Å². The molecule has 2 aromatic carbocycles. The van der Waals surface area contributed by atoms with Crippen molar-refractivity contribution in [1.82, 2.24) is 5.32 Å². The van der Waals surface area contributed by atoms with Crippen LogP contribution in [0.3, 0.4) is 0 Å². The highest BCUT2D eigenvalue weighted by Gasteiger charge is 2.07. The van der Waals surface area contributed by atoms with Crippen molar-refractivity contribution in [3.8, 4) is 5.75 Å². The van der Waals surface area contributed by atoms with Crippen molar-refractivity contribution in [3.63, 3.8) is 0 Å². The highest BCUT2D eigenvalue weighted by Crippen LogP contribution is 2.17. The fourth-order valence-electron chi connectivity index (χ4n) is 2.30. The minimum atomic E-state index is -0.198. The smallest absolute Gasteiger partial charge is 0.251 e. The number of carbonyl (C=O) groups is 2. The minimum Gasteiger partial charge on any atom is -0.494 e. The molecule has 0 unspecified atom stereocenters. The fraction of sp³-hybridized carbons (Fsp3) is 0.300. The molecular formula is C20H25N3O3. The zero-order valence-corrected chi connectivity index (χ0v) is 15.2. The van der Waals surface area contributed by atoms with Crippen molar-refractivity contribution < 1.29 is 14.3 Å². The van der Waals surface area contributed by atoms with Gasteiger partial charge in [0.15, 0.2) is 0 Å². The van der Waals surface area contributed by atoms with E-state index in [4.69, 9.17) is 4.74 Å². The molecular weight excluding hydrogens is 330 g/mol. The van der Waals surface area contributed by atoms with Crippen LogP contribution in [0.2, 0.25) is 0 Å². The topological polar surface area (TPSA) is 79.5 Å². The summed E-state index contributed by atoms with van der Waals surface area (Å²) < 4.78 is 5.66. The third kappa shape index (κ3) is 6.12. The van der Waals surface area contributed by atoms with Crippen molar-refractivity contribution >= 4 is 23.2 Å². The van der Waals surface area contributed by atoms with Gasteiger partial charge in [-0.3, -0.25) is 9.59 Å². The summed E-state index contributed by atoms with van der Waals surface area (Å²) in [6, 6.07) is 14.3. The van der Waals surface area contributed by atoms with E-state index in [2.05, 4.69) is 22.9 Å². The Morgan fingerprint density at radius 2 is 1.81 bits per heavy atom. The maximum absolute atomic E-state index is 12.1. The molecule has 0 saturated carbocycles. The van der Waals surface area contributed by atoms with E-state index in [1.54, 1.807) is 31.3 Å². The largest absolute Gasteiger partial charge is 0.494 e. The SMILES string of the molecule is CCCCOc1cccc(NCC(=O)Nc2cccc(C(=O)NC)c2)c1. The highest BCUT2D eigenvalue weighted by atomic mass is 16.5. The van der Waals surface area contributed by atoms with Gasteiger partial charge in [-0.25, -0.2) is 0 Å². The standard InChI is InChI=1S/C20H25N3O3/c1-3-4-11-26-18-10-6-8-16(13-18)22-14-19(24)23-17-9-5-7-15(12-17)20(25)21-2/h5-10,12-13,22H,3-4,11,14H2,1-2H3,(H,21,25)(H,23,24). The number of hydrogen-bond acceptors (Lipinski definition) is 4. The Morgan fingerprint density at radius 3 is 2.58 bits per heavy atom. The van der Waals surface area contributed by atoms with E-state index in [0.29, 0.717) is 17.9 Å². The van der Waals surface area contributed by atoms with E-state index in [1.807, 2.05) is 24.3 Å². The number of hydrogen-bond donors (Lipinski definition) is 3. The Labute approximate surface area is 153 Å². The Morgan fingerprint density at radius 1 is 1.04 bits per heavy atom. The second kappa shape index (κ2) is 10.1. The maximum Gasteiger partial charge on any atom is 0.251 e. The summed E-state index contributed by atoms with van der Waals surface area (Å²) in [7, 11) is 1.57.